The van der Waals surface area contributed by atoms with Gasteiger partial charge in [-0.3, -0.25) is 4.79 Å². The number of aryl methyl sites for hydroxylation is 1. The van der Waals surface area contributed by atoms with Gasteiger partial charge in [-0.05, 0) is 31.6 Å². The number of benzene rings is 1. The van der Waals surface area contributed by atoms with Crippen molar-refractivity contribution < 1.29 is 23.1 Å². The van der Waals surface area contributed by atoms with Crippen LogP contribution in [0.25, 0.3) is 17.3 Å². The normalized spacial score (nSPS) is 14.4. The summed E-state index contributed by atoms with van der Waals surface area (Å²) in [4.78, 5) is 19.6. The standard InChI is InChI=1S/C17H17F3N4O2/c1-3-4-12-14(21)23-8-13(24-12)11-7-10(6-5-9(11)2)16(26,15(22)25)17(18,19)20/h3-8,26H,1-2H3,(H2,21,23)(H2,22,25). The fraction of sp³-hybridized carbons (Fsp3) is 0.235. The van der Waals surface area contributed by atoms with Gasteiger partial charge in [0.2, 0.25) is 0 Å². The number of nitrogen functional groups attached to an aromatic ring is 1. The van der Waals surface area contributed by atoms with E-state index in [2.05, 4.69) is 9.97 Å². The largest absolute Gasteiger partial charge is 0.430 e. The molecule has 1 atom stereocenters. The number of hydrogen-bond acceptors (Lipinski definition) is 5. The molecule has 0 fully saturated rings. The number of rotatable bonds is 4. The molecule has 0 aliphatic rings. The van der Waals surface area contributed by atoms with Crippen LogP contribution in [-0.2, 0) is 10.4 Å². The summed E-state index contributed by atoms with van der Waals surface area (Å²) >= 11 is 0. The lowest BCUT2D eigenvalue weighted by molar-refractivity contribution is -0.255. The molecule has 9 heteroatoms. The van der Waals surface area contributed by atoms with E-state index in [1.165, 1.54) is 12.3 Å². The van der Waals surface area contributed by atoms with Crippen LogP contribution >= 0.6 is 0 Å². The Kier molecular flexibility index (Phi) is 5.04. The predicted molar refractivity (Wildman–Crippen MR) is 90.5 cm³/mol. The molecule has 0 aliphatic heterocycles. The van der Waals surface area contributed by atoms with E-state index in [1.54, 1.807) is 26.0 Å². The maximum Gasteiger partial charge on any atom is 0.430 e. The smallest absolute Gasteiger partial charge is 0.382 e. The third-order valence-corrected chi connectivity index (χ3v) is 3.85. The van der Waals surface area contributed by atoms with E-state index in [1.807, 2.05) is 0 Å². The van der Waals surface area contributed by atoms with E-state index in [-0.39, 0.29) is 17.1 Å². The zero-order chi connectivity index (χ0) is 19.7. The SMILES string of the molecule is CC=Cc1nc(-c2cc(C(O)(C(N)=O)C(F)(F)F)ccc2C)cnc1N. The first-order chi connectivity index (χ1) is 12.0. The Morgan fingerprint density at radius 2 is 1.96 bits per heavy atom. The molecule has 0 radical (unpaired) electrons. The molecule has 0 aliphatic carbocycles. The van der Waals surface area contributed by atoms with Gasteiger partial charge < -0.3 is 16.6 Å². The number of carbonyl (C=O) groups is 1. The average molecular weight is 366 g/mol. The molecular weight excluding hydrogens is 349 g/mol. The molecule has 0 spiro atoms. The molecule has 0 saturated heterocycles. The van der Waals surface area contributed by atoms with Crippen molar-refractivity contribution in [2.24, 2.45) is 5.73 Å². The maximum atomic E-state index is 13.3. The van der Waals surface area contributed by atoms with Crippen LogP contribution < -0.4 is 11.5 Å². The molecule has 1 aromatic heterocycles. The number of aliphatic hydroxyl groups is 1. The van der Waals surface area contributed by atoms with Crippen molar-refractivity contribution in [3.05, 3.63) is 47.3 Å². The number of carbonyl (C=O) groups excluding carboxylic acids is 1. The first-order valence-electron chi connectivity index (χ1n) is 7.48. The molecule has 2 rings (SSSR count). The second-order valence-electron chi connectivity index (χ2n) is 5.63. The van der Waals surface area contributed by atoms with Gasteiger partial charge >= 0.3 is 6.18 Å². The van der Waals surface area contributed by atoms with Crippen LogP contribution in [0.2, 0.25) is 0 Å². The minimum Gasteiger partial charge on any atom is -0.382 e. The van der Waals surface area contributed by atoms with Gasteiger partial charge in [-0.15, -0.1) is 0 Å². The van der Waals surface area contributed by atoms with E-state index in [9.17, 15) is 23.1 Å². The van der Waals surface area contributed by atoms with Gasteiger partial charge in [0.05, 0.1) is 11.9 Å². The quantitative estimate of drug-likeness (QED) is 0.768. The molecule has 5 N–H and O–H groups in total. The highest BCUT2D eigenvalue weighted by Gasteiger charge is 2.60. The van der Waals surface area contributed by atoms with Crippen LogP contribution in [0.15, 0.2) is 30.5 Å². The summed E-state index contributed by atoms with van der Waals surface area (Å²) < 4.78 is 39.9. The van der Waals surface area contributed by atoms with Gasteiger partial charge in [-0.25, -0.2) is 9.97 Å². The van der Waals surface area contributed by atoms with Crippen molar-refractivity contribution in [1.82, 2.24) is 9.97 Å². The summed E-state index contributed by atoms with van der Waals surface area (Å²) in [6, 6.07) is 3.35. The third kappa shape index (κ3) is 3.25. The lowest BCUT2D eigenvalue weighted by Gasteiger charge is -2.28. The summed E-state index contributed by atoms with van der Waals surface area (Å²) in [6.45, 7) is 3.39. The van der Waals surface area contributed by atoms with Crippen LogP contribution in [0.4, 0.5) is 19.0 Å². The van der Waals surface area contributed by atoms with E-state index in [0.29, 0.717) is 11.3 Å². The number of alkyl halides is 3. The van der Waals surface area contributed by atoms with Crippen molar-refractivity contribution in [3.8, 4) is 11.3 Å². The van der Waals surface area contributed by atoms with Crippen molar-refractivity contribution in [1.29, 1.82) is 0 Å². The van der Waals surface area contributed by atoms with Crippen molar-refractivity contribution in [2.45, 2.75) is 25.6 Å². The monoisotopic (exact) mass is 366 g/mol. The molecule has 0 saturated carbocycles. The van der Waals surface area contributed by atoms with E-state index in [0.717, 1.165) is 12.1 Å². The third-order valence-electron chi connectivity index (χ3n) is 3.85. The fourth-order valence-corrected chi connectivity index (χ4v) is 2.39. The molecule has 1 heterocycles. The molecule has 26 heavy (non-hydrogen) atoms. The number of amides is 1. The van der Waals surface area contributed by atoms with Crippen LogP contribution in [0, 0.1) is 6.92 Å². The predicted octanol–water partition coefficient (Wildman–Crippen LogP) is 2.30. The van der Waals surface area contributed by atoms with E-state index >= 15 is 0 Å². The number of allylic oxidation sites excluding steroid dienone is 1. The highest BCUT2D eigenvalue weighted by Crippen LogP contribution is 2.40. The van der Waals surface area contributed by atoms with Crippen molar-refractivity contribution in [2.75, 3.05) is 5.73 Å². The Morgan fingerprint density at radius 3 is 2.50 bits per heavy atom. The molecule has 1 unspecified atom stereocenters. The number of hydrogen-bond donors (Lipinski definition) is 3. The number of halogens is 3. The molecule has 138 valence electrons. The maximum absolute atomic E-state index is 13.3. The van der Waals surface area contributed by atoms with E-state index in [4.69, 9.17) is 11.5 Å². The van der Waals surface area contributed by atoms with Gasteiger partial charge in [0.25, 0.3) is 11.5 Å². The zero-order valence-electron chi connectivity index (χ0n) is 14.0. The van der Waals surface area contributed by atoms with Gasteiger partial charge in [-0.1, -0.05) is 18.2 Å². The number of nitrogens with zero attached hydrogens (tertiary/aromatic N) is 2. The minimum absolute atomic E-state index is 0.157. The molecule has 0 bridgehead atoms. The van der Waals surface area contributed by atoms with Crippen molar-refractivity contribution in [3.63, 3.8) is 0 Å². The highest BCUT2D eigenvalue weighted by molar-refractivity contribution is 5.86. The first kappa shape index (κ1) is 19.4. The van der Waals surface area contributed by atoms with Crippen LogP contribution in [-0.4, -0.2) is 27.2 Å². The topological polar surface area (TPSA) is 115 Å². The average Bonchev–Trinajstić information content (AvgIpc) is 2.55. The number of anilines is 1. The lowest BCUT2D eigenvalue weighted by atomic mass is 9.89. The number of aromatic nitrogens is 2. The number of nitrogens with two attached hydrogens (primary N) is 2. The molecular formula is C17H17F3N4O2. The summed E-state index contributed by atoms with van der Waals surface area (Å²) in [6.07, 6.45) is -0.705. The molecule has 2 aromatic rings. The second-order valence-corrected chi connectivity index (χ2v) is 5.63. The molecule has 1 amide bonds. The summed E-state index contributed by atoms with van der Waals surface area (Å²) in [5.74, 6) is -1.76. The Hall–Kier alpha value is -2.94. The van der Waals surface area contributed by atoms with Gasteiger partial charge in [0.15, 0.2) is 0 Å². The lowest BCUT2D eigenvalue weighted by Crippen LogP contribution is -2.52. The van der Waals surface area contributed by atoms with Crippen LogP contribution in [0.3, 0.4) is 0 Å². The summed E-state index contributed by atoms with van der Waals surface area (Å²) in [5.41, 5.74) is 7.43. The second kappa shape index (κ2) is 6.75. The Bertz CT molecular complexity index is 881. The van der Waals surface area contributed by atoms with Gasteiger partial charge in [0.1, 0.15) is 11.5 Å². The van der Waals surface area contributed by atoms with Crippen molar-refractivity contribution >= 4 is 17.8 Å². The number of primary amides is 1. The Balaban J connectivity index is 2.69. The Morgan fingerprint density at radius 1 is 1.31 bits per heavy atom. The Labute approximate surface area is 147 Å². The fourth-order valence-electron chi connectivity index (χ4n) is 2.39. The molecule has 6 nitrogen and oxygen atoms in total. The minimum atomic E-state index is -5.28. The van der Waals surface area contributed by atoms with Crippen LogP contribution in [0.1, 0.15) is 23.7 Å². The van der Waals surface area contributed by atoms with E-state index < -0.39 is 23.2 Å². The van der Waals surface area contributed by atoms with Gasteiger partial charge in [-0.2, -0.15) is 13.2 Å². The highest BCUT2D eigenvalue weighted by atomic mass is 19.4. The van der Waals surface area contributed by atoms with Gasteiger partial charge in [0, 0.05) is 11.1 Å². The summed E-state index contributed by atoms with van der Waals surface area (Å²) in [7, 11) is 0. The summed E-state index contributed by atoms with van der Waals surface area (Å²) in [5, 5.41) is 9.97. The van der Waals surface area contributed by atoms with Crippen LogP contribution in [0.5, 0.6) is 0 Å². The zero-order valence-corrected chi connectivity index (χ0v) is 14.0. The molecule has 1 aromatic carbocycles. The first-order valence-corrected chi connectivity index (χ1v) is 7.48.